The van der Waals surface area contributed by atoms with Crippen LogP contribution in [-0.4, -0.2) is 26.6 Å². The summed E-state index contributed by atoms with van der Waals surface area (Å²) in [5.74, 6) is 0.0943. The van der Waals surface area contributed by atoms with Gasteiger partial charge in [-0.05, 0) is 78.6 Å². The molecule has 2 N–H and O–H groups in total. The Morgan fingerprint density at radius 1 is 0.923 bits per heavy atom. The molecule has 1 unspecified atom stereocenters. The van der Waals surface area contributed by atoms with Gasteiger partial charge in [-0.25, -0.2) is 13.8 Å². The van der Waals surface area contributed by atoms with Gasteiger partial charge < -0.3 is 4.74 Å². The summed E-state index contributed by atoms with van der Waals surface area (Å²) in [6.07, 6.45) is 1.64. The minimum atomic E-state index is -3.94. The van der Waals surface area contributed by atoms with Crippen molar-refractivity contribution in [3.05, 3.63) is 130 Å². The van der Waals surface area contributed by atoms with E-state index >= 15 is 0 Å². The molecule has 0 aliphatic rings. The Morgan fingerprint density at radius 3 is 2.31 bits per heavy atom. The number of benzene rings is 4. The number of nitrogens with one attached hydrogen (secondary N) is 2. The number of amides is 1. The first-order valence-electron chi connectivity index (χ1n) is 12.2. The van der Waals surface area contributed by atoms with Gasteiger partial charge in [0.15, 0.2) is 0 Å². The molecule has 0 fully saturated rings. The summed E-state index contributed by atoms with van der Waals surface area (Å²) < 4.78 is 34.3. The van der Waals surface area contributed by atoms with Crippen LogP contribution in [0.4, 0.5) is 0 Å². The van der Waals surface area contributed by atoms with Crippen molar-refractivity contribution < 1.29 is 17.9 Å². The average molecular weight is 562 g/mol. The van der Waals surface area contributed by atoms with Crippen LogP contribution in [-0.2, 0) is 27.8 Å². The fourth-order valence-electron chi connectivity index (χ4n) is 3.70. The van der Waals surface area contributed by atoms with Crippen LogP contribution < -0.4 is 14.9 Å². The number of carbonyl (C=O) groups is 1. The van der Waals surface area contributed by atoms with E-state index in [9.17, 15) is 13.2 Å². The normalized spacial score (nSPS) is 12.3. The molecule has 0 aromatic heterocycles. The summed E-state index contributed by atoms with van der Waals surface area (Å²) in [7, 11) is -3.94. The number of hydrazone groups is 1. The van der Waals surface area contributed by atoms with Crippen molar-refractivity contribution in [1.82, 2.24) is 10.1 Å². The van der Waals surface area contributed by atoms with Gasteiger partial charge in [-0.15, -0.1) is 0 Å². The van der Waals surface area contributed by atoms with Gasteiger partial charge in [0.1, 0.15) is 18.4 Å². The van der Waals surface area contributed by atoms with E-state index in [0.717, 1.165) is 22.3 Å². The first-order chi connectivity index (χ1) is 18.8. The monoisotopic (exact) mass is 561 g/mol. The second-order valence-corrected chi connectivity index (χ2v) is 11.0. The molecule has 39 heavy (non-hydrogen) atoms. The molecule has 0 radical (unpaired) electrons. The molecule has 0 saturated heterocycles. The van der Waals surface area contributed by atoms with Crippen LogP contribution >= 0.6 is 11.6 Å². The van der Waals surface area contributed by atoms with E-state index in [0.29, 0.717) is 17.4 Å². The molecule has 0 spiro atoms. The lowest BCUT2D eigenvalue weighted by Crippen LogP contribution is -2.46. The van der Waals surface area contributed by atoms with Gasteiger partial charge in [0.05, 0.1) is 11.1 Å². The molecule has 0 heterocycles. The Labute approximate surface area is 233 Å². The zero-order valence-electron chi connectivity index (χ0n) is 21.3. The van der Waals surface area contributed by atoms with Crippen LogP contribution in [0.2, 0.25) is 5.02 Å². The molecule has 0 aliphatic heterocycles. The molecule has 1 amide bonds. The zero-order valence-corrected chi connectivity index (χ0v) is 22.8. The first-order valence-corrected chi connectivity index (χ1v) is 14.1. The molecule has 4 aromatic carbocycles. The van der Waals surface area contributed by atoms with Crippen molar-refractivity contribution in [1.29, 1.82) is 0 Å². The SMILES string of the molecule is Cc1ccc(S(=O)(=O)NC(Cc2ccccc2)C(=O)N/N=C/c2ccc(OCc3cccc(Cl)c3)cc2)cc1. The predicted molar refractivity (Wildman–Crippen MR) is 153 cm³/mol. The molecule has 7 nitrogen and oxygen atoms in total. The van der Waals surface area contributed by atoms with Crippen molar-refractivity contribution >= 4 is 33.7 Å². The number of nitrogens with zero attached hydrogens (tertiary/aromatic N) is 1. The van der Waals surface area contributed by atoms with E-state index in [1.807, 2.05) is 55.5 Å². The maximum absolute atomic E-state index is 13.0. The topological polar surface area (TPSA) is 96.9 Å². The van der Waals surface area contributed by atoms with Crippen LogP contribution in [0, 0.1) is 6.92 Å². The maximum atomic E-state index is 13.0. The third kappa shape index (κ3) is 8.51. The van der Waals surface area contributed by atoms with Gasteiger partial charge in [0, 0.05) is 5.02 Å². The molecule has 1 atom stereocenters. The van der Waals surface area contributed by atoms with Crippen molar-refractivity contribution in [2.45, 2.75) is 30.9 Å². The molecule has 0 bridgehead atoms. The van der Waals surface area contributed by atoms with Crippen LogP contribution in [0.5, 0.6) is 5.75 Å². The van der Waals surface area contributed by atoms with E-state index in [1.165, 1.54) is 18.3 Å². The quantitative estimate of drug-likeness (QED) is 0.193. The predicted octanol–water partition coefficient (Wildman–Crippen LogP) is 5.27. The van der Waals surface area contributed by atoms with Gasteiger partial charge >= 0.3 is 0 Å². The standard InChI is InChI=1S/C30H28ClN3O4S/c1-22-10-16-28(17-11-22)39(36,37)34-29(19-23-6-3-2-4-7-23)30(35)33-32-20-24-12-14-27(15-13-24)38-21-25-8-5-9-26(31)18-25/h2-18,20,29,34H,19,21H2,1H3,(H,33,35)/b32-20+. The summed E-state index contributed by atoms with van der Waals surface area (Å²) in [6, 6.07) is 29.2. The Kier molecular flexibility index (Phi) is 9.49. The number of hydrogen-bond acceptors (Lipinski definition) is 5. The van der Waals surface area contributed by atoms with E-state index in [4.69, 9.17) is 16.3 Å². The summed E-state index contributed by atoms with van der Waals surface area (Å²) in [5.41, 5.74) is 5.89. The molecule has 0 aliphatic carbocycles. The molecule has 4 rings (SSSR count). The second kappa shape index (κ2) is 13.2. The van der Waals surface area contributed by atoms with Gasteiger partial charge in [-0.2, -0.15) is 9.82 Å². The van der Waals surface area contributed by atoms with Crippen LogP contribution in [0.15, 0.2) is 113 Å². The Morgan fingerprint density at radius 2 is 1.62 bits per heavy atom. The van der Waals surface area contributed by atoms with Crippen molar-refractivity contribution in [3.63, 3.8) is 0 Å². The highest BCUT2D eigenvalue weighted by Crippen LogP contribution is 2.16. The minimum absolute atomic E-state index is 0.0835. The average Bonchev–Trinajstić information content (AvgIpc) is 2.93. The number of rotatable bonds is 11. The van der Waals surface area contributed by atoms with Crippen LogP contribution in [0.1, 0.15) is 22.3 Å². The number of sulfonamides is 1. The van der Waals surface area contributed by atoms with Crippen molar-refractivity contribution in [2.75, 3.05) is 0 Å². The summed E-state index contributed by atoms with van der Waals surface area (Å²) in [4.78, 5) is 13.1. The lowest BCUT2D eigenvalue weighted by Gasteiger charge is -2.17. The fraction of sp³-hybridized carbons (Fsp3) is 0.133. The summed E-state index contributed by atoms with van der Waals surface area (Å²) >= 11 is 6.01. The molecular formula is C30H28ClN3O4S. The molecule has 9 heteroatoms. The molecular weight excluding hydrogens is 534 g/mol. The van der Waals surface area contributed by atoms with Gasteiger partial charge in [0.25, 0.3) is 5.91 Å². The zero-order chi connectivity index (χ0) is 27.7. The number of halogens is 1. The molecule has 4 aromatic rings. The highest BCUT2D eigenvalue weighted by atomic mass is 35.5. The molecule has 0 saturated carbocycles. The van der Waals surface area contributed by atoms with Crippen LogP contribution in [0.25, 0.3) is 0 Å². The highest BCUT2D eigenvalue weighted by Gasteiger charge is 2.26. The Bertz CT molecular complexity index is 1520. The Hall–Kier alpha value is -3.98. The van der Waals surface area contributed by atoms with Gasteiger partial charge in [-0.1, -0.05) is 71.8 Å². The highest BCUT2D eigenvalue weighted by molar-refractivity contribution is 7.89. The largest absolute Gasteiger partial charge is 0.489 e. The van der Waals surface area contributed by atoms with Crippen molar-refractivity contribution in [3.8, 4) is 5.75 Å². The van der Waals surface area contributed by atoms with Crippen molar-refractivity contribution in [2.24, 2.45) is 5.10 Å². The lowest BCUT2D eigenvalue weighted by molar-refractivity contribution is -0.122. The Balaban J connectivity index is 1.39. The number of hydrogen-bond donors (Lipinski definition) is 2. The third-order valence-electron chi connectivity index (χ3n) is 5.79. The lowest BCUT2D eigenvalue weighted by atomic mass is 10.1. The van der Waals surface area contributed by atoms with Gasteiger partial charge in [0.2, 0.25) is 10.0 Å². The summed E-state index contributed by atoms with van der Waals surface area (Å²) in [6.45, 7) is 2.25. The van der Waals surface area contributed by atoms with Gasteiger partial charge in [-0.3, -0.25) is 4.79 Å². The summed E-state index contributed by atoms with van der Waals surface area (Å²) in [5, 5.41) is 4.69. The fourth-order valence-corrected chi connectivity index (χ4v) is 5.11. The minimum Gasteiger partial charge on any atom is -0.489 e. The third-order valence-corrected chi connectivity index (χ3v) is 7.51. The van der Waals surface area contributed by atoms with E-state index in [1.54, 1.807) is 42.5 Å². The number of ether oxygens (including phenoxy) is 1. The first kappa shape index (κ1) is 28.0. The van der Waals surface area contributed by atoms with Crippen LogP contribution in [0.3, 0.4) is 0 Å². The number of aryl methyl sites for hydroxylation is 1. The smallest absolute Gasteiger partial charge is 0.258 e. The van der Waals surface area contributed by atoms with E-state index < -0.39 is 22.0 Å². The molecule has 200 valence electrons. The van der Waals surface area contributed by atoms with E-state index in [2.05, 4.69) is 15.2 Å². The van der Waals surface area contributed by atoms with E-state index in [-0.39, 0.29) is 11.3 Å². The second-order valence-electron chi connectivity index (χ2n) is 8.90. The number of carbonyl (C=O) groups excluding carboxylic acids is 1. The maximum Gasteiger partial charge on any atom is 0.258 e.